The van der Waals surface area contributed by atoms with Crippen molar-refractivity contribution in [3.8, 4) is 0 Å². The average molecular weight is 291 g/mol. The van der Waals surface area contributed by atoms with Gasteiger partial charge < -0.3 is 16.3 Å². The molecular weight excluding hydrogens is 266 g/mol. The summed E-state index contributed by atoms with van der Waals surface area (Å²) in [5.74, 6) is -0.235. The smallest absolute Gasteiger partial charge is 0.238 e. The molecule has 0 radical (unpaired) electrons. The number of amides is 1. The standard InChI is InChI=1S/C16H25N3O2/c1-4-10-16(11-5-2,14(17)19-21)15(20)18-13-8-6-12(3)7-9-13/h6-9,21H,4-5,10-11H2,1-3H3,(H2,17,19)(H,18,20). The summed E-state index contributed by atoms with van der Waals surface area (Å²) in [4.78, 5) is 12.7. The van der Waals surface area contributed by atoms with Crippen LogP contribution in [0.4, 0.5) is 5.69 Å². The average Bonchev–Trinajstić information content (AvgIpc) is 2.48. The number of hydrogen-bond donors (Lipinski definition) is 3. The van der Waals surface area contributed by atoms with Gasteiger partial charge in [-0.1, -0.05) is 49.5 Å². The summed E-state index contributed by atoms with van der Waals surface area (Å²) in [6, 6.07) is 7.56. The fourth-order valence-corrected chi connectivity index (χ4v) is 2.56. The van der Waals surface area contributed by atoms with Gasteiger partial charge in [-0.3, -0.25) is 4.79 Å². The molecule has 0 heterocycles. The summed E-state index contributed by atoms with van der Waals surface area (Å²) in [6.45, 7) is 5.95. The lowest BCUT2D eigenvalue weighted by Gasteiger charge is -2.30. The van der Waals surface area contributed by atoms with Crippen molar-refractivity contribution >= 4 is 17.4 Å². The maximum absolute atomic E-state index is 12.7. The fraction of sp³-hybridized carbons (Fsp3) is 0.500. The molecule has 0 saturated heterocycles. The minimum atomic E-state index is -0.955. The first kappa shape index (κ1) is 17.0. The molecule has 0 spiro atoms. The van der Waals surface area contributed by atoms with Crippen LogP contribution in [0.1, 0.15) is 45.1 Å². The van der Waals surface area contributed by atoms with E-state index >= 15 is 0 Å². The Balaban J connectivity index is 3.06. The van der Waals surface area contributed by atoms with Crippen LogP contribution in [0, 0.1) is 12.3 Å². The molecule has 5 heteroatoms. The Hall–Kier alpha value is -2.04. The quantitative estimate of drug-likeness (QED) is 0.312. The highest BCUT2D eigenvalue weighted by molar-refractivity contribution is 6.11. The molecule has 21 heavy (non-hydrogen) atoms. The van der Waals surface area contributed by atoms with Gasteiger partial charge in [0.15, 0.2) is 5.84 Å². The highest BCUT2D eigenvalue weighted by atomic mass is 16.4. The summed E-state index contributed by atoms with van der Waals surface area (Å²) in [5, 5.41) is 15.1. The monoisotopic (exact) mass is 291 g/mol. The van der Waals surface area contributed by atoms with Gasteiger partial charge in [0.2, 0.25) is 5.91 Å². The number of anilines is 1. The van der Waals surface area contributed by atoms with E-state index in [1.54, 1.807) is 0 Å². The van der Waals surface area contributed by atoms with Gasteiger partial charge in [-0.2, -0.15) is 0 Å². The van der Waals surface area contributed by atoms with E-state index in [9.17, 15) is 4.79 Å². The number of nitrogens with zero attached hydrogens (tertiary/aromatic N) is 1. The third-order valence-corrected chi connectivity index (χ3v) is 3.70. The van der Waals surface area contributed by atoms with Crippen LogP contribution in [-0.4, -0.2) is 17.0 Å². The zero-order valence-corrected chi connectivity index (χ0v) is 13.0. The number of nitrogens with one attached hydrogen (secondary N) is 1. The van der Waals surface area contributed by atoms with Gasteiger partial charge in [-0.15, -0.1) is 0 Å². The number of amidine groups is 1. The first-order chi connectivity index (χ1) is 10.00. The van der Waals surface area contributed by atoms with Crippen LogP contribution in [0.25, 0.3) is 0 Å². The summed E-state index contributed by atoms with van der Waals surface area (Å²) < 4.78 is 0. The highest BCUT2D eigenvalue weighted by Gasteiger charge is 2.41. The van der Waals surface area contributed by atoms with Crippen molar-refractivity contribution in [1.82, 2.24) is 0 Å². The molecule has 0 aromatic heterocycles. The van der Waals surface area contributed by atoms with Crippen molar-refractivity contribution in [3.63, 3.8) is 0 Å². The van der Waals surface area contributed by atoms with E-state index < -0.39 is 5.41 Å². The van der Waals surface area contributed by atoms with Crippen LogP contribution in [-0.2, 0) is 4.79 Å². The van der Waals surface area contributed by atoms with E-state index in [-0.39, 0.29) is 11.7 Å². The van der Waals surface area contributed by atoms with Crippen molar-refractivity contribution in [1.29, 1.82) is 0 Å². The second-order valence-electron chi connectivity index (χ2n) is 5.39. The number of benzene rings is 1. The van der Waals surface area contributed by atoms with Gasteiger partial charge in [-0.25, -0.2) is 0 Å². The SMILES string of the molecule is CCCC(CCC)(C(=O)Nc1ccc(C)cc1)C(N)=NO. The molecule has 0 aliphatic heterocycles. The van der Waals surface area contributed by atoms with E-state index in [1.807, 2.05) is 45.0 Å². The summed E-state index contributed by atoms with van der Waals surface area (Å²) >= 11 is 0. The maximum atomic E-state index is 12.7. The molecular formula is C16H25N3O2. The first-order valence-electron chi connectivity index (χ1n) is 7.36. The van der Waals surface area contributed by atoms with Crippen LogP contribution >= 0.6 is 0 Å². The van der Waals surface area contributed by atoms with Crippen molar-refractivity contribution in [3.05, 3.63) is 29.8 Å². The predicted octanol–water partition coefficient (Wildman–Crippen LogP) is 3.27. The number of nitrogens with two attached hydrogens (primary N) is 1. The van der Waals surface area contributed by atoms with Gasteiger partial charge >= 0.3 is 0 Å². The van der Waals surface area contributed by atoms with Crippen molar-refractivity contribution in [2.45, 2.75) is 46.5 Å². The molecule has 1 amide bonds. The molecule has 116 valence electrons. The lowest BCUT2D eigenvalue weighted by molar-refractivity contribution is -0.123. The molecule has 0 aliphatic carbocycles. The van der Waals surface area contributed by atoms with Crippen LogP contribution < -0.4 is 11.1 Å². The fourth-order valence-electron chi connectivity index (χ4n) is 2.56. The third kappa shape index (κ3) is 3.97. The van der Waals surface area contributed by atoms with Crippen molar-refractivity contribution in [2.24, 2.45) is 16.3 Å². The second-order valence-corrected chi connectivity index (χ2v) is 5.39. The summed E-state index contributed by atoms with van der Waals surface area (Å²) in [6.07, 6.45) is 2.65. The Morgan fingerprint density at radius 2 is 1.76 bits per heavy atom. The van der Waals surface area contributed by atoms with Gasteiger partial charge in [-0.05, 0) is 31.9 Å². The number of aryl methyl sites for hydroxylation is 1. The molecule has 0 saturated carbocycles. The molecule has 0 aliphatic rings. The number of oxime groups is 1. The topological polar surface area (TPSA) is 87.7 Å². The van der Waals surface area contributed by atoms with Crippen LogP contribution in [0.5, 0.6) is 0 Å². The van der Waals surface area contributed by atoms with Crippen molar-refractivity contribution < 1.29 is 10.0 Å². The van der Waals surface area contributed by atoms with Crippen LogP contribution in [0.2, 0.25) is 0 Å². The van der Waals surface area contributed by atoms with E-state index in [4.69, 9.17) is 10.9 Å². The molecule has 0 fully saturated rings. The van der Waals surface area contributed by atoms with E-state index in [0.717, 1.165) is 18.4 Å². The van der Waals surface area contributed by atoms with Crippen LogP contribution in [0.3, 0.4) is 0 Å². The van der Waals surface area contributed by atoms with Gasteiger partial charge in [0.1, 0.15) is 5.41 Å². The molecule has 0 atom stereocenters. The molecule has 4 N–H and O–H groups in total. The molecule has 0 unspecified atom stereocenters. The molecule has 1 aromatic rings. The van der Waals surface area contributed by atoms with E-state index in [0.29, 0.717) is 18.5 Å². The van der Waals surface area contributed by atoms with Crippen molar-refractivity contribution in [2.75, 3.05) is 5.32 Å². The second kappa shape index (κ2) is 7.67. The first-order valence-corrected chi connectivity index (χ1v) is 7.36. The molecule has 0 bridgehead atoms. The Kier molecular flexibility index (Phi) is 6.21. The zero-order chi connectivity index (χ0) is 15.9. The Morgan fingerprint density at radius 3 is 2.19 bits per heavy atom. The summed E-state index contributed by atoms with van der Waals surface area (Å²) in [7, 11) is 0. The lowest BCUT2D eigenvalue weighted by Crippen LogP contribution is -2.47. The lowest BCUT2D eigenvalue weighted by atomic mass is 9.77. The van der Waals surface area contributed by atoms with Gasteiger partial charge in [0.25, 0.3) is 0 Å². The molecule has 1 rings (SSSR count). The molecule has 1 aromatic carbocycles. The Bertz CT molecular complexity index is 489. The number of rotatable bonds is 7. The van der Waals surface area contributed by atoms with E-state index in [2.05, 4.69) is 10.5 Å². The number of hydrogen-bond acceptors (Lipinski definition) is 3. The summed E-state index contributed by atoms with van der Waals surface area (Å²) in [5.41, 5.74) is 6.73. The Morgan fingerprint density at radius 1 is 1.24 bits per heavy atom. The number of carbonyl (C=O) groups excluding carboxylic acids is 1. The predicted molar refractivity (Wildman–Crippen MR) is 85.5 cm³/mol. The molecule has 5 nitrogen and oxygen atoms in total. The van der Waals surface area contributed by atoms with Gasteiger partial charge in [0.05, 0.1) is 0 Å². The zero-order valence-electron chi connectivity index (χ0n) is 13.0. The van der Waals surface area contributed by atoms with E-state index in [1.165, 1.54) is 0 Å². The van der Waals surface area contributed by atoms with Gasteiger partial charge in [0, 0.05) is 5.69 Å². The van der Waals surface area contributed by atoms with Crippen LogP contribution in [0.15, 0.2) is 29.4 Å². The normalized spacial score (nSPS) is 12.2. The third-order valence-electron chi connectivity index (χ3n) is 3.70. The Labute approximate surface area is 126 Å². The highest BCUT2D eigenvalue weighted by Crippen LogP contribution is 2.32. The largest absolute Gasteiger partial charge is 0.409 e. The number of carbonyl (C=O) groups is 1. The maximum Gasteiger partial charge on any atom is 0.238 e. The minimum Gasteiger partial charge on any atom is -0.409 e. The minimum absolute atomic E-state index is 0.0178.